The van der Waals surface area contributed by atoms with Crippen LogP contribution in [-0.4, -0.2) is 60.6 Å². The Labute approximate surface area is 236 Å². The summed E-state index contributed by atoms with van der Waals surface area (Å²) in [4.78, 5) is 30.1. The molecule has 6 nitrogen and oxygen atoms in total. The summed E-state index contributed by atoms with van der Waals surface area (Å²) in [5.74, 6) is -0.360. The lowest BCUT2D eigenvalue weighted by Gasteiger charge is -2.31. The van der Waals surface area contributed by atoms with Gasteiger partial charge in [0.2, 0.25) is 0 Å². The van der Waals surface area contributed by atoms with Gasteiger partial charge in [0.05, 0.1) is 12.2 Å². The number of amides is 2. The predicted molar refractivity (Wildman–Crippen MR) is 163 cm³/mol. The fourth-order valence-corrected chi connectivity index (χ4v) is 4.64. The highest BCUT2D eigenvalue weighted by atomic mass is 16.5. The van der Waals surface area contributed by atoms with Crippen molar-refractivity contribution in [1.82, 2.24) is 9.80 Å². The van der Waals surface area contributed by atoms with E-state index in [1.807, 2.05) is 11.0 Å². The van der Waals surface area contributed by atoms with E-state index in [1.54, 1.807) is 31.2 Å². The van der Waals surface area contributed by atoms with E-state index in [0.29, 0.717) is 24.4 Å². The number of carbonyl (C=O) groups excluding carboxylic acids is 2. The number of carbonyl (C=O) groups is 2. The third-order valence-electron chi connectivity index (χ3n) is 7.08. The molecule has 0 aliphatic heterocycles. The van der Waals surface area contributed by atoms with E-state index in [0.717, 1.165) is 57.3 Å². The molecule has 0 bridgehead atoms. The number of hydrogen-bond acceptors (Lipinski definition) is 4. The van der Waals surface area contributed by atoms with Crippen molar-refractivity contribution in [1.29, 1.82) is 0 Å². The van der Waals surface area contributed by atoms with Crippen LogP contribution in [0.15, 0.2) is 60.2 Å². The van der Waals surface area contributed by atoms with Crippen LogP contribution >= 0.6 is 0 Å². The van der Waals surface area contributed by atoms with E-state index >= 15 is 0 Å². The van der Waals surface area contributed by atoms with E-state index in [9.17, 15) is 9.59 Å². The summed E-state index contributed by atoms with van der Waals surface area (Å²) in [5.41, 5.74) is 3.56. The molecule has 0 aromatic heterocycles. The smallest absolute Gasteiger partial charge is 0.338 e. The maximum atomic E-state index is 13.7. The van der Waals surface area contributed by atoms with Crippen LogP contribution in [-0.2, 0) is 4.74 Å². The third-order valence-corrected chi connectivity index (χ3v) is 7.08. The SMILES string of the molecule is CCCCCC(=Cc1ccccc1)CN(C(=O)Nc1ccc(C(=O)OCC)cc1)C(C)CCCN(CC)CC. The number of benzene rings is 2. The maximum absolute atomic E-state index is 13.7. The predicted octanol–water partition coefficient (Wildman–Crippen LogP) is 7.87. The molecular weight excluding hydrogens is 486 g/mol. The summed E-state index contributed by atoms with van der Waals surface area (Å²) in [6.45, 7) is 14.6. The third kappa shape index (κ3) is 11.7. The van der Waals surface area contributed by atoms with Gasteiger partial charge in [-0.2, -0.15) is 0 Å². The molecule has 0 saturated carbocycles. The summed E-state index contributed by atoms with van der Waals surface area (Å²) in [6.07, 6.45) is 8.61. The fourth-order valence-electron chi connectivity index (χ4n) is 4.64. The second-order valence-electron chi connectivity index (χ2n) is 10.0. The highest BCUT2D eigenvalue weighted by Crippen LogP contribution is 2.20. The van der Waals surface area contributed by atoms with Crippen LogP contribution in [0.4, 0.5) is 10.5 Å². The summed E-state index contributed by atoms with van der Waals surface area (Å²) in [7, 11) is 0. The number of urea groups is 1. The second-order valence-corrected chi connectivity index (χ2v) is 10.0. The van der Waals surface area contributed by atoms with E-state index in [-0.39, 0.29) is 18.0 Å². The lowest BCUT2D eigenvalue weighted by molar-refractivity contribution is 0.0526. The molecular formula is C33H49N3O3. The summed E-state index contributed by atoms with van der Waals surface area (Å²) in [5, 5.41) is 3.08. The Hall–Kier alpha value is -3.12. The quantitative estimate of drug-likeness (QED) is 0.165. The molecule has 1 atom stereocenters. The van der Waals surface area contributed by atoms with Crippen molar-refractivity contribution in [3.8, 4) is 0 Å². The zero-order valence-corrected chi connectivity index (χ0v) is 24.7. The molecule has 214 valence electrons. The van der Waals surface area contributed by atoms with E-state index < -0.39 is 0 Å². The number of esters is 1. The molecule has 6 heteroatoms. The zero-order valence-electron chi connectivity index (χ0n) is 24.7. The van der Waals surface area contributed by atoms with Gasteiger partial charge < -0.3 is 19.9 Å². The van der Waals surface area contributed by atoms with Crippen molar-refractivity contribution in [3.05, 3.63) is 71.3 Å². The molecule has 2 aromatic rings. The molecule has 0 aliphatic carbocycles. The van der Waals surface area contributed by atoms with Crippen molar-refractivity contribution < 1.29 is 14.3 Å². The van der Waals surface area contributed by atoms with Crippen LogP contribution in [0.1, 0.15) is 89.1 Å². The Balaban J connectivity index is 2.24. The standard InChI is InChI=1S/C33H49N3O3/c1-6-10-12-19-29(25-28-17-13-11-14-18-28)26-36(27(5)16-15-24-35(7-2)8-3)33(38)34-31-22-20-30(21-23-31)32(37)39-9-4/h11,13-14,17-18,20-23,25,27H,6-10,12,15-16,19,24,26H2,1-5H3,(H,34,38). The average molecular weight is 536 g/mol. The van der Waals surface area contributed by atoms with E-state index in [2.05, 4.69) is 68.3 Å². The molecule has 0 fully saturated rings. The van der Waals surface area contributed by atoms with Gasteiger partial charge in [0.15, 0.2) is 0 Å². The maximum Gasteiger partial charge on any atom is 0.338 e. The minimum atomic E-state index is -0.360. The van der Waals surface area contributed by atoms with E-state index in [1.165, 1.54) is 12.0 Å². The first-order chi connectivity index (χ1) is 18.9. The number of rotatable bonds is 17. The number of hydrogen-bond donors (Lipinski definition) is 1. The first kappa shape index (κ1) is 32.1. The number of nitrogens with zero attached hydrogens (tertiary/aromatic N) is 2. The van der Waals surface area contributed by atoms with Gasteiger partial charge in [-0.3, -0.25) is 0 Å². The van der Waals surface area contributed by atoms with Crippen LogP contribution in [0.25, 0.3) is 6.08 Å². The van der Waals surface area contributed by atoms with Gasteiger partial charge in [-0.05, 0) is 89.0 Å². The van der Waals surface area contributed by atoms with Crippen molar-refractivity contribution in [3.63, 3.8) is 0 Å². The highest BCUT2D eigenvalue weighted by Gasteiger charge is 2.22. The Bertz CT molecular complexity index is 1000. The molecule has 0 spiro atoms. The minimum absolute atomic E-state index is 0.0738. The number of nitrogens with one attached hydrogen (secondary N) is 1. The first-order valence-electron chi connectivity index (χ1n) is 14.7. The Morgan fingerprint density at radius 1 is 0.923 bits per heavy atom. The van der Waals surface area contributed by atoms with Crippen molar-refractivity contribution in [2.45, 2.75) is 79.2 Å². The van der Waals surface area contributed by atoms with Crippen LogP contribution in [0.2, 0.25) is 0 Å². The molecule has 2 rings (SSSR count). The second kappa shape index (κ2) is 18.2. The molecule has 39 heavy (non-hydrogen) atoms. The number of unbranched alkanes of at least 4 members (excludes halogenated alkanes) is 2. The Morgan fingerprint density at radius 2 is 1.62 bits per heavy atom. The average Bonchev–Trinajstić information content (AvgIpc) is 2.95. The molecule has 0 saturated heterocycles. The van der Waals surface area contributed by atoms with Gasteiger partial charge in [-0.1, -0.05) is 75.6 Å². The lowest BCUT2D eigenvalue weighted by Crippen LogP contribution is -2.43. The molecule has 1 unspecified atom stereocenters. The van der Waals surface area contributed by atoms with Crippen LogP contribution in [0, 0.1) is 0 Å². The molecule has 0 radical (unpaired) electrons. The first-order valence-corrected chi connectivity index (χ1v) is 14.7. The Kier molecular flexibility index (Phi) is 15.0. The van der Waals surface area contributed by atoms with Gasteiger partial charge in [0, 0.05) is 18.3 Å². The molecule has 2 aromatic carbocycles. The topological polar surface area (TPSA) is 61.9 Å². The van der Waals surface area contributed by atoms with Crippen LogP contribution in [0.3, 0.4) is 0 Å². The largest absolute Gasteiger partial charge is 0.462 e. The Morgan fingerprint density at radius 3 is 2.23 bits per heavy atom. The van der Waals surface area contributed by atoms with Gasteiger partial charge in [0.1, 0.15) is 0 Å². The summed E-state index contributed by atoms with van der Waals surface area (Å²) in [6, 6.07) is 17.2. The number of anilines is 1. The van der Waals surface area contributed by atoms with Crippen LogP contribution in [0.5, 0.6) is 0 Å². The van der Waals surface area contributed by atoms with Crippen molar-refractivity contribution in [2.75, 3.05) is 38.1 Å². The molecule has 1 N–H and O–H groups in total. The van der Waals surface area contributed by atoms with Gasteiger partial charge in [-0.25, -0.2) is 9.59 Å². The van der Waals surface area contributed by atoms with Gasteiger partial charge in [-0.15, -0.1) is 0 Å². The highest BCUT2D eigenvalue weighted by molar-refractivity contribution is 5.92. The fraction of sp³-hybridized carbons (Fsp3) is 0.515. The normalized spacial score (nSPS) is 12.3. The van der Waals surface area contributed by atoms with Crippen molar-refractivity contribution >= 4 is 23.8 Å². The van der Waals surface area contributed by atoms with Crippen molar-refractivity contribution in [2.24, 2.45) is 0 Å². The zero-order chi connectivity index (χ0) is 28.5. The van der Waals surface area contributed by atoms with E-state index in [4.69, 9.17) is 4.74 Å². The lowest BCUT2D eigenvalue weighted by atomic mass is 10.0. The molecule has 0 heterocycles. The van der Waals surface area contributed by atoms with Gasteiger partial charge in [0.25, 0.3) is 0 Å². The van der Waals surface area contributed by atoms with Gasteiger partial charge >= 0.3 is 12.0 Å². The van der Waals surface area contributed by atoms with Crippen LogP contribution < -0.4 is 5.32 Å². The minimum Gasteiger partial charge on any atom is -0.462 e. The molecule has 0 aliphatic rings. The summed E-state index contributed by atoms with van der Waals surface area (Å²) < 4.78 is 5.08. The monoisotopic (exact) mass is 535 g/mol. The number of ether oxygens (including phenoxy) is 1. The summed E-state index contributed by atoms with van der Waals surface area (Å²) >= 11 is 0. The molecule has 2 amide bonds.